The number of aryl methyl sites for hydroxylation is 2. The van der Waals surface area contributed by atoms with Crippen LogP contribution in [0.1, 0.15) is 35.3 Å². The third kappa shape index (κ3) is 5.25. The molecule has 0 spiro atoms. The number of hydrogen-bond donors (Lipinski definition) is 1. The normalized spacial score (nSPS) is 10.5. The Bertz CT molecular complexity index is 862. The number of carbonyl (C=O) groups excluding carboxylic acids is 2. The fraction of sp³-hybridized carbons (Fsp3) is 0.364. The molecule has 0 aliphatic heterocycles. The Hall–Kier alpha value is -3.02. The summed E-state index contributed by atoms with van der Waals surface area (Å²) in [5.74, 6) is 0.438. The SMILES string of the molecule is COc1cc(C(=O)N(C)c2cc(C)ccc2C)ccc1OCC(=O)NC(C)C. The van der Waals surface area contributed by atoms with Crippen molar-refractivity contribution >= 4 is 17.5 Å². The van der Waals surface area contributed by atoms with Crippen molar-refractivity contribution in [3.05, 3.63) is 53.1 Å². The lowest BCUT2D eigenvalue weighted by molar-refractivity contribution is -0.123. The van der Waals surface area contributed by atoms with Crippen LogP contribution in [0.5, 0.6) is 11.5 Å². The van der Waals surface area contributed by atoms with Crippen molar-refractivity contribution in [2.45, 2.75) is 33.7 Å². The van der Waals surface area contributed by atoms with Gasteiger partial charge in [-0.2, -0.15) is 0 Å². The number of ether oxygens (including phenoxy) is 2. The van der Waals surface area contributed by atoms with E-state index in [9.17, 15) is 9.59 Å². The summed E-state index contributed by atoms with van der Waals surface area (Å²) in [5.41, 5.74) is 3.43. The topological polar surface area (TPSA) is 67.9 Å². The molecule has 2 aromatic rings. The zero-order valence-electron chi connectivity index (χ0n) is 17.3. The number of anilines is 1. The van der Waals surface area contributed by atoms with Crippen LogP contribution in [0.4, 0.5) is 5.69 Å². The van der Waals surface area contributed by atoms with Gasteiger partial charge in [0.25, 0.3) is 11.8 Å². The number of nitrogens with zero attached hydrogens (tertiary/aromatic N) is 1. The highest BCUT2D eigenvalue weighted by Crippen LogP contribution is 2.29. The van der Waals surface area contributed by atoms with Crippen LogP contribution in [0.15, 0.2) is 36.4 Å². The average molecular weight is 384 g/mol. The van der Waals surface area contributed by atoms with Crippen molar-refractivity contribution < 1.29 is 19.1 Å². The summed E-state index contributed by atoms with van der Waals surface area (Å²) in [5, 5.41) is 2.76. The van der Waals surface area contributed by atoms with E-state index in [0.29, 0.717) is 17.1 Å². The first-order valence-electron chi connectivity index (χ1n) is 9.18. The Labute approximate surface area is 166 Å². The van der Waals surface area contributed by atoms with Crippen molar-refractivity contribution in [1.82, 2.24) is 5.32 Å². The second kappa shape index (κ2) is 9.26. The van der Waals surface area contributed by atoms with Gasteiger partial charge in [-0.15, -0.1) is 0 Å². The Morgan fingerprint density at radius 1 is 1.07 bits per heavy atom. The Kier molecular flexibility index (Phi) is 7.04. The van der Waals surface area contributed by atoms with Gasteiger partial charge in [-0.1, -0.05) is 12.1 Å². The van der Waals surface area contributed by atoms with Crippen LogP contribution in [0, 0.1) is 13.8 Å². The lowest BCUT2D eigenvalue weighted by Gasteiger charge is -2.21. The molecule has 0 aliphatic rings. The molecule has 150 valence electrons. The third-order valence-electron chi connectivity index (χ3n) is 4.25. The Balaban J connectivity index is 2.19. The van der Waals surface area contributed by atoms with E-state index in [4.69, 9.17) is 9.47 Å². The third-order valence-corrected chi connectivity index (χ3v) is 4.25. The van der Waals surface area contributed by atoms with E-state index in [1.807, 2.05) is 45.9 Å². The number of benzene rings is 2. The first kappa shape index (κ1) is 21.3. The molecular weight excluding hydrogens is 356 g/mol. The van der Waals surface area contributed by atoms with Crippen molar-refractivity contribution in [3.63, 3.8) is 0 Å². The molecule has 0 saturated heterocycles. The molecule has 2 aromatic carbocycles. The van der Waals surface area contributed by atoms with Crippen molar-refractivity contribution in [1.29, 1.82) is 0 Å². The number of nitrogens with one attached hydrogen (secondary N) is 1. The summed E-state index contributed by atoms with van der Waals surface area (Å²) in [6.45, 7) is 7.60. The lowest BCUT2D eigenvalue weighted by Crippen LogP contribution is -2.34. The van der Waals surface area contributed by atoms with Crippen LogP contribution in [-0.2, 0) is 4.79 Å². The number of carbonyl (C=O) groups is 2. The summed E-state index contributed by atoms with van der Waals surface area (Å²) in [7, 11) is 3.25. The van der Waals surface area contributed by atoms with Crippen molar-refractivity contribution in [3.8, 4) is 11.5 Å². The average Bonchev–Trinajstić information content (AvgIpc) is 2.66. The van der Waals surface area contributed by atoms with E-state index in [1.165, 1.54) is 7.11 Å². The molecule has 6 heteroatoms. The van der Waals surface area contributed by atoms with Gasteiger partial charge in [0.15, 0.2) is 18.1 Å². The molecule has 0 heterocycles. The van der Waals surface area contributed by atoms with E-state index in [0.717, 1.165) is 16.8 Å². The van der Waals surface area contributed by atoms with Gasteiger partial charge in [-0.05, 0) is 63.1 Å². The van der Waals surface area contributed by atoms with E-state index >= 15 is 0 Å². The van der Waals surface area contributed by atoms with Gasteiger partial charge >= 0.3 is 0 Å². The first-order chi connectivity index (χ1) is 13.2. The number of amides is 2. The molecule has 6 nitrogen and oxygen atoms in total. The van der Waals surface area contributed by atoms with Crippen LogP contribution >= 0.6 is 0 Å². The highest BCUT2D eigenvalue weighted by Gasteiger charge is 2.18. The summed E-state index contributed by atoms with van der Waals surface area (Å²) in [4.78, 5) is 26.3. The predicted octanol–water partition coefficient (Wildman–Crippen LogP) is 3.49. The minimum Gasteiger partial charge on any atom is -0.493 e. The molecule has 0 atom stereocenters. The standard InChI is InChI=1S/C22H28N2O4/c1-14(2)23-21(25)13-28-19-10-9-17(12-20(19)27-6)22(26)24(5)18-11-15(3)7-8-16(18)4/h7-12,14H,13H2,1-6H3,(H,23,25). The minimum absolute atomic E-state index is 0.0404. The molecule has 0 bridgehead atoms. The van der Waals surface area contributed by atoms with Crippen molar-refractivity contribution in [2.24, 2.45) is 0 Å². The Morgan fingerprint density at radius 3 is 2.43 bits per heavy atom. The molecule has 0 radical (unpaired) electrons. The highest BCUT2D eigenvalue weighted by atomic mass is 16.5. The zero-order valence-corrected chi connectivity index (χ0v) is 17.3. The smallest absolute Gasteiger partial charge is 0.258 e. The van der Waals surface area contributed by atoms with E-state index in [-0.39, 0.29) is 24.5 Å². The van der Waals surface area contributed by atoms with Crippen LogP contribution in [0.25, 0.3) is 0 Å². The summed E-state index contributed by atoms with van der Waals surface area (Å²) in [6, 6.07) is 11.0. The maximum atomic E-state index is 12.9. The minimum atomic E-state index is -0.216. The van der Waals surface area contributed by atoms with Gasteiger partial charge in [0.05, 0.1) is 7.11 Å². The quantitative estimate of drug-likeness (QED) is 0.793. The second-order valence-corrected chi connectivity index (χ2v) is 7.03. The van der Waals surface area contributed by atoms with E-state index in [2.05, 4.69) is 5.32 Å². The zero-order chi connectivity index (χ0) is 20.8. The molecule has 0 saturated carbocycles. The maximum absolute atomic E-state index is 12.9. The van der Waals surface area contributed by atoms with Crippen LogP contribution < -0.4 is 19.7 Å². The molecular formula is C22H28N2O4. The van der Waals surface area contributed by atoms with Crippen molar-refractivity contribution in [2.75, 3.05) is 25.7 Å². The first-order valence-corrected chi connectivity index (χ1v) is 9.18. The molecule has 0 aliphatic carbocycles. The number of methoxy groups -OCH3 is 1. The van der Waals surface area contributed by atoms with Gasteiger partial charge in [-0.3, -0.25) is 9.59 Å². The number of hydrogen-bond acceptors (Lipinski definition) is 4. The molecule has 0 fully saturated rings. The molecule has 0 unspecified atom stereocenters. The molecule has 0 aromatic heterocycles. The second-order valence-electron chi connectivity index (χ2n) is 7.03. The number of rotatable bonds is 7. The predicted molar refractivity (Wildman–Crippen MR) is 110 cm³/mol. The largest absolute Gasteiger partial charge is 0.493 e. The Morgan fingerprint density at radius 2 is 1.79 bits per heavy atom. The van der Waals surface area contributed by atoms with Gasteiger partial charge in [0.1, 0.15) is 0 Å². The molecule has 2 amide bonds. The van der Waals surface area contributed by atoms with Gasteiger partial charge in [-0.25, -0.2) is 0 Å². The maximum Gasteiger partial charge on any atom is 0.258 e. The fourth-order valence-corrected chi connectivity index (χ4v) is 2.81. The van der Waals surface area contributed by atoms with Gasteiger partial charge in [0.2, 0.25) is 0 Å². The van der Waals surface area contributed by atoms with E-state index in [1.54, 1.807) is 30.1 Å². The summed E-state index contributed by atoms with van der Waals surface area (Å²) >= 11 is 0. The van der Waals surface area contributed by atoms with Gasteiger partial charge < -0.3 is 19.7 Å². The fourth-order valence-electron chi connectivity index (χ4n) is 2.81. The van der Waals surface area contributed by atoms with Crippen LogP contribution in [0.2, 0.25) is 0 Å². The summed E-state index contributed by atoms with van der Waals surface area (Å²) in [6.07, 6.45) is 0. The summed E-state index contributed by atoms with van der Waals surface area (Å²) < 4.78 is 10.9. The lowest BCUT2D eigenvalue weighted by atomic mass is 10.1. The molecule has 28 heavy (non-hydrogen) atoms. The van der Waals surface area contributed by atoms with Gasteiger partial charge in [0, 0.05) is 24.3 Å². The monoisotopic (exact) mass is 384 g/mol. The highest BCUT2D eigenvalue weighted by molar-refractivity contribution is 6.06. The van der Waals surface area contributed by atoms with Crippen LogP contribution in [0.3, 0.4) is 0 Å². The van der Waals surface area contributed by atoms with Crippen LogP contribution in [-0.4, -0.2) is 38.6 Å². The molecule has 1 N–H and O–H groups in total. The molecule has 2 rings (SSSR count). The van der Waals surface area contributed by atoms with E-state index < -0.39 is 0 Å².